The summed E-state index contributed by atoms with van der Waals surface area (Å²) in [6.45, 7) is 1.14. The lowest BCUT2D eigenvalue weighted by Crippen LogP contribution is -2.55. The number of benzene rings is 1. The molecule has 1 amide bonds. The minimum absolute atomic E-state index is 0.0273. The van der Waals surface area contributed by atoms with Gasteiger partial charge in [-0.2, -0.15) is 0 Å². The van der Waals surface area contributed by atoms with Crippen molar-refractivity contribution in [3.05, 3.63) is 30.3 Å². The standard InChI is InChI=1S/C13H16FN3O/c14-16-8-6-13(7-9-16)12(18)15-10-17(13)11-4-2-1-3-5-11/h1-5H,6-10H2,(H,15,18). The Morgan fingerprint density at radius 3 is 2.50 bits per heavy atom. The van der Waals surface area contributed by atoms with Crippen molar-refractivity contribution >= 4 is 11.6 Å². The minimum Gasteiger partial charge on any atom is -0.339 e. The van der Waals surface area contributed by atoms with E-state index in [1.807, 2.05) is 30.3 Å². The number of amides is 1. The molecule has 0 aromatic heterocycles. The highest BCUT2D eigenvalue weighted by atomic mass is 19.2. The number of para-hydroxylation sites is 1. The summed E-state index contributed by atoms with van der Waals surface area (Å²) in [5.41, 5.74) is 0.451. The number of halogens is 1. The average molecular weight is 249 g/mol. The number of anilines is 1. The fraction of sp³-hybridized carbons (Fsp3) is 0.462. The first-order chi connectivity index (χ1) is 8.72. The molecule has 1 spiro atoms. The van der Waals surface area contributed by atoms with Crippen LogP contribution in [0.15, 0.2) is 30.3 Å². The van der Waals surface area contributed by atoms with Crippen molar-refractivity contribution < 1.29 is 9.28 Å². The fourth-order valence-electron chi connectivity index (χ4n) is 2.88. The van der Waals surface area contributed by atoms with E-state index in [1.165, 1.54) is 0 Å². The van der Waals surface area contributed by atoms with Gasteiger partial charge in [0.15, 0.2) is 0 Å². The molecule has 2 heterocycles. The van der Waals surface area contributed by atoms with Gasteiger partial charge in [-0.05, 0) is 25.0 Å². The van der Waals surface area contributed by atoms with Crippen LogP contribution >= 0.6 is 0 Å². The first-order valence-corrected chi connectivity index (χ1v) is 6.24. The Hall–Kier alpha value is -1.62. The number of hydrogen-bond acceptors (Lipinski definition) is 3. The lowest BCUT2D eigenvalue weighted by molar-refractivity contribution is -0.126. The van der Waals surface area contributed by atoms with Crippen LogP contribution in [0.3, 0.4) is 0 Å². The lowest BCUT2D eigenvalue weighted by atomic mass is 9.86. The van der Waals surface area contributed by atoms with E-state index in [0.717, 1.165) is 10.8 Å². The van der Waals surface area contributed by atoms with Gasteiger partial charge in [0.2, 0.25) is 5.91 Å². The van der Waals surface area contributed by atoms with Crippen molar-refractivity contribution in [2.75, 3.05) is 24.7 Å². The first kappa shape index (κ1) is 11.5. The van der Waals surface area contributed by atoms with E-state index in [0.29, 0.717) is 32.6 Å². The van der Waals surface area contributed by atoms with Gasteiger partial charge < -0.3 is 10.2 Å². The molecule has 2 aliphatic heterocycles. The largest absolute Gasteiger partial charge is 0.339 e. The van der Waals surface area contributed by atoms with Crippen LogP contribution in [0.5, 0.6) is 0 Å². The number of nitrogens with zero attached hydrogens (tertiary/aromatic N) is 2. The quantitative estimate of drug-likeness (QED) is 0.762. The number of hydrogen-bond donors (Lipinski definition) is 1. The number of carbonyl (C=O) groups excluding carboxylic acids is 1. The zero-order valence-corrected chi connectivity index (χ0v) is 10.1. The van der Waals surface area contributed by atoms with Gasteiger partial charge in [0.05, 0.1) is 6.67 Å². The first-order valence-electron chi connectivity index (χ1n) is 6.24. The van der Waals surface area contributed by atoms with Crippen LogP contribution in [0.1, 0.15) is 12.8 Å². The Bertz CT molecular complexity index is 443. The van der Waals surface area contributed by atoms with Gasteiger partial charge in [0, 0.05) is 18.8 Å². The van der Waals surface area contributed by atoms with Crippen molar-refractivity contribution in [2.24, 2.45) is 0 Å². The van der Waals surface area contributed by atoms with E-state index in [2.05, 4.69) is 10.2 Å². The summed E-state index contributed by atoms with van der Waals surface area (Å²) in [5.74, 6) is 0.0273. The third kappa shape index (κ3) is 1.66. The maximum atomic E-state index is 13.2. The molecule has 96 valence electrons. The lowest BCUT2D eigenvalue weighted by Gasteiger charge is -2.41. The van der Waals surface area contributed by atoms with Crippen molar-refractivity contribution in [3.8, 4) is 0 Å². The normalized spacial score (nSPS) is 23.4. The van der Waals surface area contributed by atoms with Crippen LogP contribution in [0.4, 0.5) is 10.2 Å². The van der Waals surface area contributed by atoms with Crippen LogP contribution < -0.4 is 10.2 Å². The van der Waals surface area contributed by atoms with E-state index in [4.69, 9.17) is 0 Å². The summed E-state index contributed by atoms with van der Waals surface area (Å²) >= 11 is 0. The summed E-state index contributed by atoms with van der Waals surface area (Å²) in [6, 6.07) is 9.84. The molecule has 1 N–H and O–H groups in total. The van der Waals surface area contributed by atoms with E-state index >= 15 is 0 Å². The maximum absolute atomic E-state index is 13.2. The molecule has 2 aliphatic rings. The average Bonchev–Trinajstić information content (AvgIpc) is 2.72. The Kier molecular flexibility index (Phi) is 2.70. The highest BCUT2D eigenvalue weighted by Crippen LogP contribution is 2.35. The molecule has 4 nitrogen and oxygen atoms in total. The van der Waals surface area contributed by atoms with Gasteiger partial charge >= 0.3 is 0 Å². The van der Waals surface area contributed by atoms with Crippen LogP contribution in [0.25, 0.3) is 0 Å². The molecule has 1 aromatic rings. The van der Waals surface area contributed by atoms with Crippen LogP contribution in [0.2, 0.25) is 0 Å². The number of carbonyl (C=O) groups is 1. The fourth-order valence-corrected chi connectivity index (χ4v) is 2.88. The Balaban J connectivity index is 1.93. The highest BCUT2D eigenvalue weighted by molar-refractivity contribution is 5.93. The van der Waals surface area contributed by atoms with E-state index in [-0.39, 0.29) is 5.91 Å². The van der Waals surface area contributed by atoms with Crippen molar-refractivity contribution in [3.63, 3.8) is 0 Å². The highest BCUT2D eigenvalue weighted by Gasteiger charge is 2.50. The predicted octanol–water partition coefficient (Wildman–Crippen LogP) is 1.30. The molecule has 0 bridgehead atoms. The summed E-state index contributed by atoms with van der Waals surface area (Å²) < 4.78 is 13.2. The van der Waals surface area contributed by atoms with E-state index < -0.39 is 5.54 Å². The van der Waals surface area contributed by atoms with Crippen molar-refractivity contribution in [2.45, 2.75) is 18.4 Å². The Morgan fingerprint density at radius 1 is 1.17 bits per heavy atom. The molecule has 0 unspecified atom stereocenters. The molecule has 0 radical (unpaired) electrons. The SMILES string of the molecule is O=C1NCN(c2ccccc2)C12CCN(F)CC2. The van der Waals surface area contributed by atoms with Crippen molar-refractivity contribution in [1.29, 1.82) is 0 Å². The molecule has 1 aromatic carbocycles. The second-order valence-electron chi connectivity index (χ2n) is 4.87. The van der Waals surface area contributed by atoms with Gasteiger partial charge in [-0.15, -0.1) is 9.60 Å². The zero-order valence-electron chi connectivity index (χ0n) is 10.1. The molecular formula is C13H16FN3O. The summed E-state index contributed by atoms with van der Waals surface area (Å²) in [5, 5.41) is 3.68. The Morgan fingerprint density at radius 2 is 1.83 bits per heavy atom. The van der Waals surface area contributed by atoms with E-state index in [1.54, 1.807) is 0 Å². The van der Waals surface area contributed by atoms with Crippen LogP contribution in [-0.4, -0.2) is 36.3 Å². The van der Waals surface area contributed by atoms with Crippen LogP contribution in [-0.2, 0) is 4.79 Å². The number of piperidine rings is 1. The molecule has 18 heavy (non-hydrogen) atoms. The van der Waals surface area contributed by atoms with Gasteiger partial charge in [-0.1, -0.05) is 18.2 Å². The topological polar surface area (TPSA) is 35.6 Å². The molecule has 5 heteroatoms. The van der Waals surface area contributed by atoms with Crippen molar-refractivity contribution in [1.82, 2.24) is 10.4 Å². The number of rotatable bonds is 1. The maximum Gasteiger partial charge on any atom is 0.247 e. The second kappa shape index (κ2) is 4.24. The van der Waals surface area contributed by atoms with Crippen LogP contribution in [0, 0.1) is 0 Å². The van der Waals surface area contributed by atoms with Gasteiger partial charge in [-0.25, -0.2) is 0 Å². The molecule has 0 aliphatic carbocycles. The van der Waals surface area contributed by atoms with Gasteiger partial charge in [0.1, 0.15) is 5.54 Å². The molecule has 2 fully saturated rings. The van der Waals surface area contributed by atoms with Gasteiger partial charge in [-0.3, -0.25) is 4.79 Å². The molecule has 3 rings (SSSR count). The summed E-state index contributed by atoms with van der Waals surface area (Å²) in [7, 11) is 0. The Labute approximate surface area is 105 Å². The van der Waals surface area contributed by atoms with E-state index in [9.17, 15) is 9.28 Å². The molecule has 0 saturated carbocycles. The molecule has 2 saturated heterocycles. The number of nitrogens with one attached hydrogen (secondary N) is 1. The third-order valence-corrected chi connectivity index (χ3v) is 3.94. The monoisotopic (exact) mass is 249 g/mol. The minimum atomic E-state index is -0.566. The summed E-state index contributed by atoms with van der Waals surface area (Å²) in [4.78, 5) is 14.2. The molecular weight excluding hydrogens is 233 g/mol. The second-order valence-corrected chi connectivity index (χ2v) is 4.87. The predicted molar refractivity (Wildman–Crippen MR) is 66.6 cm³/mol. The van der Waals surface area contributed by atoms with Gasteiger partial charge in [0.25, 0.3) is 0 Å². The smallest absolute Gasteiger partial charge is 0.247 e. The summed E-state index contributed by atoms with van der Waals surface area (Å²) in [6.07, 6.45) is 1.06. The third-order valence-electron chi connectivity index (χ3n) is 3.94. The molecule has 0 atom stereocenters. The zero-order chi connectivity index (χ0) is 12.6.